The van der Waals surface area contributed by atoms with E-state index in [2.05, 4.69) is 43.8 Å². The maximum atomic E-state index is 11.9. The van der Waals surface area contributed by atoms with Crippen LogP contribution in [0.3, 0.4) is 0 Å². The molecule has 1 aromatic rings. The molecular weight excluding hydrogens is 385 g/mol. The van der Waals surface area contributed by atoms with E-state index in [4.69, 9.17) is 4.74 Å². The van der Waals surface area contributed by atoms with Gasteiger partial charge in [0.2, 0.25) is 0 Å². The Morgan fingerprint density at radius 1 is 1.56 bits per heavy atom. The number of amides is 1. The second-order valence-electron chi connectivity index (χ2n) is 3.26. The number of carbonyl (C=O) groups is 1. The second kappa shape index (κ2) is 7.24. The van der Waals surface area contributed by atoms with Crippen LogP contribution in [0.25, 0.3) is 0 Å². The first-order valence-electron chi connectivity index (χ1n) is 4.79. The second-order valence-corrected chi connectivity index (χ2v) is 5.07. The molecule has 0 aliphatic carbocycles. The summed E-state index contributed by atoms with van der Waals surface area (Å²) in [5.41, 5.74) is 0.699. The van der Waals surface area contributed by atoms with Crippen molar-refractivity contribution >= 4 is 44.4 Å². The summed E-state index contributed by atoms with van der Waals surface area (Å²) in [5.74, 6) is -0.0634. The minimum Gasteiger partial charge on any atom is -0.383 e. The van der Waals surface area contributed by atoms with Crippen molar-refractivity contribution in [2.45, 2.75) is 6.04 Å². The molecule has 0 aromatic heterocycles. The van der Waals surface area contributed by atoms with Crippen molar-refractivity contribution in [2.75, 3.05) is 19.0 Å². The Bertz CT molecular complexity index is 360. The number of nitrogens with one attached hydrogen (secondary N) is 1. The molecule has 1 rings (SSSR count). The Kier molecular flexibility index (Phi) is 6.30. The van der Waals surface area contributed by atoms with Crippen LogP contribution in [0.2, 0.25) is 0 Å². The summed E-state index contributed by atoms with van der Waals surface area (Å²) in [4.78, 5) is 11.9. The molecule has 88 valence electrons. The molecule has 1 atom stereocenters. The van der Waals surface area contributed by atoms with Gasteiger partial charge in [0.25, 0.3) is 5.91 Å². The first kappa shape index (κ1) is 13.9. The highest BCUT2D eigenvalue weighted by molar-refractivity contribution is 14.1. The van der Waals surface area contributed by atoms with Crippen LogP contribution in [0.5, 0.6) is 0 Å². The first-order chi connectivity index (χ1) is 7.69. The summed E-state index contributed by atoms with van der Waals surface area (Å²) >= 11 is 5.49. The van der Waals surface area contributed by atoms with Crippen molar-refractivity contribution in [1.82, 2.24) is 5.32 Å². The number of alkyl halides is 1. The molecule has 0 fully saturated rings. The number of hydrogen-bond acceptors (Lipinski definition) is 2. The molecule has 0 saturated carbocycles. The van der Waals surface area contributed by atoms with Crippen LogP contribution in [0, 0.1) is 3.57 Å². The summed E-state index contributed by atoms with van der Waals surface area (Å²) < 4.78 is 5.96. The maximum absolute atomic E-state index is 11.9. The topological polar surface area (TPSA) is 38.3 Å². The van der Waals surface area contributed by atoms with Gasteiger partial charge in [-0.05, 0) is 34.7 Å². The molecule has 0 saturated heterocycles. The van der Waals surface area contributed by atoms with Crippen molar-refractivity contribution in [3.63, 3.8) is 0 Å². The first-order valence-corrected chi connectivity index (χ1v) is 6.99. The normalized spacial score (nSPS) is 12.2. The predicted octanol–water partition coefficient (Wildman–Crippen LogP) is 2.43. The van der Waals surface area contributed by atoms with Crippen LogP contribution >= 0.6 is 38.5 Å². The average Bonchev–Trinajstić information content (AvgIpc) is 2.28. The van der Waals surface area contributed by atoms with Gasteiger partial charge in [-0.25, -0.2) is 0 Å². The zero-order chi connectivity index (χ0) is 12.0. The third-order valence-corrected chi connectivity index (χ3v) is 3.73. The van der Waals surface area contributed by atoms with Crippen molar-refractivity contribution in [3.05, 3.63) is 33.4 Å². The highest BCUT2D eigenvalue weighted by Crippen LogP contribution is 2.11. The Balaban J connectivity index is 2.68. The van der Waals surface area contributed by atoms with Gasteiger partial charge in [0.1, 0.15) is 0 Å². The summed E-state index contributed by atoms with van der Waals surface area (Å²) in [6.45, 7) is 0.500. The molecule has 5 heteroatoms. The van der Waals surface area contributed by atoms with E-state index in [1.165, 1.54) is 0 Å². The average molecular weight is 398 g/mol. The van der Waals surface area contributed by atoms with E-state index in [0.717, 1.165) is 3.57 Å². The van der Waals surface area contributed by atoms with Crippen LogP contribution in [-0.4, -0.2) is 31.0 Å². The molecule has 0 spiro atoms. The molecule has 0 bridgehead atoms. The van der Waals surface area contributed by atoms with E-state index in [1.54, 1.807) is 7.11 Å². The van der Waals surface area contributed by atoms with E-state index in [1.807, 2.05) is 24.3 Å². The third-order valence-electron chi connectivity index (χ3n) is 2.01. The number of halogens is 2. The van der Waals surface area contributed by atoms with Gasteiger partial charge in [-0.1, -0.05) is 28.1 Å². The summed E-state index contributed by atoms with van der Waals surface area (Å²) in [7, 11) is 1.62. The fraction of sp³-hybridized carbons (Fsp3) is 0.364. The molecule has 0 heterocycles. The highest BCUT2D eigenvalue weighted by atomic mass is 127. The molecule has 1 amide bonds. The van der Waals surface area contributed by atoms with Gasteiger partial charge in [-0.3, -0.25) is 4.79 Å². The van der Waals surface area contributed by atoms with Crippen molar-refractivity contribution in [1.29, 1.82) is 0 Å². The van der Waals surface area contributed by atoms with E-state index >= 15 is 0 Å². The SMILES string of the molecule is COCC(CBr)NC(=O)c1ccccc1I. The van der Waals surface area contributed by atoms with Crippen molar-refractivity contribution in [3.8, 4) is 0 Å². The number of ether oxygens (including phenoxy) is 1. The predicted molar refractivity (Wildman–Crippen MR) is 76.1 cm³/mol. The summed E-state index contributed by atoms with van der Waals surface area (Å²) in [6.07, 6.45) is 0. The molecule has 16 heavy (non-hydrogen) atoms. The fourth-order valence-electron chi connectivity index (χ4n) is 1.23. The zero-order valence-corrected chi connectivity index (χ0v) is 12.6. The Hall–Kier alpha value is -0.140. The fourth-order valence-corrected chi connectivity index (χ4v) is 2.22. The molecule has 3 nitrogen and oxygen atoms in total. The van der Waals surface area contributed by atoms with Gasteiger partial charge in [0.15, 0.2) is 0 Å². The van der Waals surface area contributed by atoms with Gasteiger partial charge >= 0.3 is 0 Å². The molecule has 1 N–H and O–H groups in total. The minimum atomic E-state index is -0.0634. The van der Waals surface area contributed by atoms with Gasteiger partial charge in [0, 0.05) is 16.0 Å². The smallest absolute Gasteiger partial charge is 0.252 e. The zero-order valence-electron chi connectivity index (χ0n) is 8.87. The van der Waals surface area contributed by atoms with Gasteiger partial charge in [-0.2, -0.15) is 0 Å². The number of benzene rings is 1. The maximum Gasteiger partial charge on any atom is 0.252 e. The lowest BCUT2D eigenvalue weighted by molar-refractivity contribution is 0.0907. The molecule has 0 aliphatic rings. The van der Waals surface area contributed by atoms with Crippen LogP contribution in [-0.2, 0) is 4.74 Å². The van der Waals surface area contributed by atoms with Crippen LogP contribution < -0.4 is 5.32 Å². The van der Waals surface area contributed by atoms with E-state index in [9.17, 15) is 4.79 Å². The number of carbonyl (C=O) groups excluding carboxylic acids is 1. The minimum absolute atomic E-state index is 0.00601. The van der Waals surface area contributed by atoms with Gasteiger partial charge in [-0.15, -0.1) is 0 Å². The summed E-state index contributed by atoms with van der Waals surface area (Å²) in [6, 6.07) is 7.49. The van der Waals surface area contributed by atoms with Crippen LogP contribution in [0.15, 0.2) is 24.3 Å². The molecule has 1 aromatic carbocycles. The standard InChI is InChI=1S/C11H13BrINO2/c1-16-7-8(6-12)14-11(15)9-4-2-3-5-10(9)13/h2-5,8H,6-7H2,1H3,(H,14,15). The monoisotopic (exact) mass is 397 g/mol. The Labute approximate surface area is 117 Å². The number of hydrogen-bond donors (Lipinski definition) is 1. The summed E-state index contributed by atoms with van der Waals surface area (Å²) in [5, 5.41) is 3.59. The number of methoxy groups -OCH3 is 1. The lowest BCUT2D eigenvalue weighted by atomic mass is 10.2. The molecule has 0 radical (unpaired) electrons. The van der Waals surface area contributed by atoms with Crippen molar-refractivity contribution < 1.29 is 9.53 Å². The Morgan fingerprint density at radius 2 is 2.25 bits per heavy atom. The molecule has 1 unspecified atom stereocenters. The molecular formula is C11H13BrINO2. The number of rotatable bonds is 5. The van der Waals surface area contributed by atoms with Crippen LogP contribution in [0.4, 0.5) is 0 Å². The lowest BCUT2D eigenvalue weighted by Gasteiger charge is -2.15. The van der Waals surface area contributed by atoms with E-state index in [0.29, 0.717) is 17.5 Å². The van der Waals surface area contributed by atoms with Crippen LogP contribution in [0.1, 0.15) is 10.4 Å². The van der Waals surface area contributed by atoms with E-state index in [-0.39, 0.29) is 11.9 Å². The quantitative estimate of drug-likeness (QED) is 0.612. The highest BCUT2D eigenvalue weighted by Gasteiger charge is 2.14. The lowest BCUT2D eigenvalue weighted by Crippen LogP contribution is -2.39. The van der Waals surface area contributed by atoms with E-state index < -0.39 is 0 Å². The largest absolute Gasteiger partial charge is 0.383 e. The van der Waals surface area contributed by atoms with Gasteiger partial charge < -0.3 is 10.1 Å². The molecule has 0 aliphatic heterocycles. The van der Waals surface area contributed by atoms with Gasteiger partial charge in [0.05, 0.1) is 18.2 Å². The van der Waals surface area contributed by atoms with Crippen molar-refractivity contribution in [2.24, 2.45) is 0 Å². The third kappa shape index (κ3) is 4.03. The Morgan fingerprint density at radius 3 is 2.81 bits per heavy atom.